The van der Waals surface area contributed by atoms with Gasteiger partial charge in [0, 0.05) is 57.7 Å². The highest BCUT2D eigenvalue weighted by Gasteiger charge is 2.21. The standard InChI is InChI=1S/C21H32N6O2S/c1-5-19-24-21(30-25-19)27-13-11-26(12-14-27)20(22-2)23-10-6-7-16-8-9-17(28-3)18(15-16)29-4/h8-9,15H,5-7,10-14H2,1-4H3,(H,22,23). The van der Waals surface area contributed by atoms with Crippen LogP contribution in [0.4, 0.5) is 5.13 Å². The fourth-order valence-electron chi connectivity index (χ4n) is 3.49. The Morgan fingerprint density at radius 3 is 2.57 bits per heavy atom. The molecule has 164 valence electrons. The minimum atomic E-state index is 0.762. The summed E-state index contributed by atoms with van der Waals surface area (Å²) in [4.78, 5) is 13.7. The van der Waals surface area contributed by atoms with Crippen LogP contribution in [0.25, 0.3) is 0 Å². The second-order valence-corrected chi connectivity index (χ2v) is 7.82. The van der Waals surface area contributed by atoms with E-state index in [1.165, 1.54) is 17.1 Å². The van der Waals surface area contributed by atoms with Crippen molar-refractivity contribution in [2.24, 2.45) is 4.99 Å². The second-order valence-electron chi connectivity index (χ2n) is 7.09. The normalized spacial score (nSPS) is 14.7. The first-order valence-corrected chi connectivity index (χ1v) is 11.2. The zero-order valence-corrected chi connectivity index (χ0v) is 19.2. The lowest BCUT2D eigenvalue weighted by atomic mass is 10.1. The van der Waals surface area contributed by atoms with Crippen molar-refractivity contribution < 1.29 is 9.47 Å². The molecule has 1 aliphatic rings. The van der Waals surface area contributed by atoms with E-state index in [1.807, 2.05) is 19.2 Å². The Bertz CT molecular complexity index is 833. The van der Waals surface area contributed by atoms with Crippen molar-refractivity contribution in [1.82, 2.24) is 19.6 Å². The highest BCUT2D eigenvalue weighted by Crippen LogP contribution is 2.27. The molecule has 0 bridgehead atoms. The molecule has 0 atom stereocenters. The first-order valence-electron chi connectivity index (χ1n) is 10.4. The van der Waals surface area contributed by atoms with E-state index < -0.39 is 0 Å². The van der Waals surface area contributed by atoms with Crippen LogP contribution in [0.15, 0.2) is 23.2 Å². The second kappa shape index (κ2) is 11.0. The van der Waals surface area contributed by atoms with Crippen molar-refractivity contribution >= 4 is 22.6 Å². The quantitative estimate of drug-likeness (QED) is 0.390. The Morgan fingerprint density at radius 1 is 1.17 bits per heavy atom. The molecule has 0 aliphatic carbocycles. The van der Waals surface area contributed by atoms with Crippen molar-refractivity contribution in [3.63, 3.8) is 0 Å². The molecular weight excluding hydrogens is 400 g/mol. The minimum absolute atomic E-state index is 0.762. The number of ether oxygens (including phenoxy) is 2. The molecule has 0 unspecified atom stereocenters. The summed E-state index contributed by atoms with van der Waals surface area (Å²) in [6.07, 6.45) is 2.87. The van der Waals surface area contributed by atoms with Crippen LogP contribution in [0.5, 0.6) is 11.5 Å². The van der Waals surface area contributed by atoms with Gasteiger partial charge in [0.15, 0.2) is 17.5 Å². The van der Waals surface area contributed by atoms with Gasteiger partial charge in [-0.1, -0.05) is 13.0 Å². The van der Waals surface area contributed by atoms with Gasteiger partial charge in [-0.25, -0.2) is 4.98 Å². The van der Waals surface area contributed by atoms with E-state index >= 15 is 0 Å². The molecule has 3 rings (SSSR count). The number of aryl methyl sites for hydroxylation is 2. The zero-order chi connectivity index (χ0) is 21.3. The van der Waals surface area contributed by atoms with Gasteiger partial charge >= 0.3 is 0 Å². The summed E-state index contributed by atoms with van der Waals surface area (Å²) < 4.78 is 15.1. The minimum Gasteiger partial charge on any atom is -0.493 e. The monoisotopic (exact) mass is 432 g/mol. The number of nitrogens with one attached hydrogen (secondary N) is 1. The van der Waals surface area contributed by atoms with E-state index in [0.717, 1.165) is 80.4 Å². The Balaban J connectivity index is 1.43. The van der Waals surface area contributed by atoms with Crippen molar-refractivity contribution in [3.8, 4) is 11.5 Å². The number of aliphatic imine (C=N–C) groups is 1. The van der Waals surface area contributed by atoms with Gasteiger partial charge in [-0.2, -0.15) is 4.37 Å². The molecule has 2 heterocycles. The smallest absolute Gasteiger partial charge is 0.205 e. The molecule has 1 aromatic heterocycles. The van der Waals surface area contributed by atoms with Gasteiger partial charge in [0.2, 0.25) is 5.13 Å². The Hall–Kier alpha value is -2.55. The van der Waals surface area contributed by atoms with Gasteiger partial charge in [-0.15, -0.1) is 0 Å². The van der Waals surface area contributed by atoms with Gasteiger partial charge in [0.25, 0.3) is 0 Å². The number of nitrogens with zero attached hydrogens (tertiary/aromatic N) is 5. The maximum atomic E-state index is 5.39. The van der Waals surface area contributed by atoms with E-state index in [-0.39, 0.29) is 0 Å². The summed E-state index contributed by atoms with van der Waals surface area (Å²) in [6.45, 7) is 6.68. The molecule has 9 heteroatoms. The van der Waals surface area contributed by atoms with Gasteiger partial charge < -0.3 is 24.6 Å². The van der Waals surface area contributed by atoms with Crippen LogP contribution < -0.4 is 19.7 Å². The van der Waals surface area contributed by atoms with Crippen LogP contribution in [-0.2, 0) is 12.8 Å². The third kappa shape index (κ3) is 5.53. The predicted octanol–water partition coefficient (Wildman–Crippen LogP) is 2.45. The van der Waals surface area contributed by atoms with Crippen LogP contribution in [-0.4, -0.2) is 74.2 Å². The lowest BCUT2D eigenvalue weighted by molar-refractivity contribution is 0.354. The number of piperazine rings is 1. The third-order valence-corrected chi connectivity index (χ3v) is 6.02. The maximum Gasteiger partial charge on any atom is 0.205 e. The van der Waals surface area contributed by atoms with E-state index in [0.29, 0.717) is 0 Å². The van der Waals surface area contributed by atoms with Gasteiger partial charge in [0.05, 0.1) is 14.2 Å². The first-order chi connectivity index (χ1) is 14.7. The molecule has 1 N–H and O–H groups in total. The van der Waals surface area contributed by atoms with Crippen molar-refractivity contribution in [3.05, 3.63) is 29.6 Å². The number of hydrogen-bond acceptors (Lipinski definition) is 7. The van der Waals surface area contributed by atoms with Crippen molar-refractivity contribution in [2.45, 2.75) is 26.2 Å². The molecule has 2 aromatic rings. The molecule has 0 amide bonds. The zero-order valence-electron chi connectivity index (χ0n) is 18.3. The van der Waals surface area contributed by atoms with Gasteiger partial charge in [0.1, 0.15) is 5.82 Å². The summed E-state index contributed by atoms with van der Waals surface area (Å²) in [6, 6.07) is 6.10. The molecule has 1 aromatic carbocycles. The molecule has 0 radical (unpaired) electrons. The van der Waals surface area contributed by atoms with Gasteiger partial charge in [-0.3, -0.25) is 4.99 Å². The summed E-state index contributed by atoms with van der Waals surface area (Å²) in [5, 5.41) is 4.54. The number of methoxy groups -OCH3 is 2. The molecule has 1 aliphatic heterocycles. The lowest BCUT2D eigenvalue weighted by Gasteiger charge is -2.36. The summed E-state index contributed by atoms with van der Waals surface area (Å²) >= 11 is 1.50. The number of guanidine groups is 1. The van der Waals surface area contributed by atoms with E-state index in [1.54, 1.807) is 14.2 Å². The number of benzene rings is 1. The predicted molar refractivity (Wildman–Crippen MR) is 122 cm³/mol. The fourth-order valence-corrected chi connectivity index (χ4v) is 4.29. The average Bonchev–Trinajstić information content (AvgIpc) is 3.28. The molecule has 0 saturated carbocycles. The summed E-state index contributed by atoms with van der Waals surface area (Å²) in [5.74, 6) is 3.44. The Kier molecular flexibility index (Phi) is 8.12. The highest BCUT2D eigenvalue weighted by molar-refractivity contribution is 7.09. The fraction of sp³-hybridized carbons (Fsp3) is 0.571. The molecule has 0 spiro atoms. The molecule has 1 saturated heterocycles. The molecule has 1 fully saturated rings. The highest BCUT2D eigenvalue weighted by atomic mass is 32.1. The SMILES string of the molecule is CCc1nsc(N2CCN(C(=NC)NCCCc3ccc(OC)c(OC)c3)CC2)n1. The number of hydrogen-bond donors (Lipinski definition) is 1. The summed E-state index contributed by atoms with van der Waals surface area (Å²) in [5.41, 5.74) is 1.24. The van der Waals surface area contributed by atoms with Crippen molar-refractivity contribution in [2.75, 3.05) is 58.9 Å². The van der Waals surface area contributed by atoms with Crippen LogP contribution in [0, 0.1) is 0 Å². The average molecular weight is 433 g/mol. The Labute approximate surface area is 183 Å². The first kappa shape index (κ1) is 22.1. The van der Waals surface area contributed by atoms with Crippen molar-refractivity contribution in [1.29, 1.82) is 0 Å². The van der Waals surface area contributed by atoms with Crippen LogP contribution in [0.2, 0.25) is 0 Å². The van der Waals surface area contributed by atoms with Crippen LogP contribution in [0.3, 0.4) is 0 Å². The molecular formula is C21H32N6O2S. The number of aromatic nitrogens is 2. The topological polar surface area (TPSA) is 75.1 Å². The third-order valence-electron chi connectivity index (χ3n) is 5.21. The molecule has 30 heavy (non-hydrogen) atoms. The van der Waals surface area contributed by atoms with E-state index in [9.17, 15) is 0 Å². The molecule has 8 nitrogen and oxygen atoms in total. The Morgan fingerprint density at radius 2 is 1.93 bits per heavy atom. The van der Waals surface area contributed by atoms with Crippen LogP contribution in [0.1, 0.15) is 24.7 Å². The largest absolute Gasteiger partial charge is 0.493 e. The lowest BCUT2D eigenvalue weighted by Crippen LogP contribution is -2.52. The van der Waals surface area contributed by atoms with E-state index in [4.69, 9.17) is 9.47 Å². The number of anilines is 1. The maximum absolute atomic E-state index is 5.39. The van der Waals surface area contributed by atoms with E-state index in [2.05, 4.69) is 42.5 Å². The van der Waals surface area contributed by atoms with Crippen LogP contribution >= 0.6 is 11.5 Å². The number of rotatable bonds is 8. The summed E-state index contributed by atoms with van der Waals surface area (Å²) in [7, 11) is 5.17. The van der Waals surface area contributed by atoms with Gasteiger partial charge in [-0.05, 0) is 30.5 Å².